The molecule has 68 valence electrons. The summed E-state index contributed by atoms with van der Waals surface area (Å²) in [5, 5.41) is 3.29. The molecule has 0 atom stereocenters. The highest BCUT2D eigenvalue weighted by Crippen LogP contribution is 2.15. The lowest BCUT2D eigenvalue weighted by molar-refractivity contribution is 0.780. The van der Waals surface area contributed by atoms with E-state index in [1.54, 1.807) is 6.07 Å². The van der Waals surface area contributed by atoms with Gasteiger partial charge in [0.1, 0.15) is 18.0 Å². The molecule has 0 saturated carbocycles. The van der Waals surface area contributed by atoms with Gasteiger partial charge in [0, 0.05) is 12.1 Å². The summed E-state index contributed by atoms with van der Waals surface area (Å²) in [5.41, 5.74) is 5.53. The quantitative estimate of drug-likeness (QED) is 0.664. The third-order valence-electron chi connectivity index (χ3n) is 2.05. The molecule has 2 rings (SSSR count). The van der Waals surface area contributed by atoms with Gasteiger partial charge in [0.05, 0.1) is 0 Å². The number of anilines is 2. The minimum Gasteiger partial charge on any atom is -0.384 e. The third kappa shape index (κ3) is 1.96. The molecule has 0 aliphatic heterocycles. The van der Waals surface area contributed by atoms with Gasteiger partial charge < -0.3 is 11.1 Å². The molecule has 1 aromatic heterocycles. The second-order valence-electron chi connectivity index (χ2n) is 3.11. The molecule has 0 unspecified atom stereocenters. The highest BCUT2D eigenvalue weighted by Gasteiger charge is 2.09. The van der Waals surface area contributed by atoms with Crippen molar-refractivity contribution in [3.05, 3.63) is 24.5 Å². The number of nitrogens with zero attached hydrogens (tertiary/aromatic N) is 2. The summed E-state index contributed by atoms with van der Waals surface area (Å²) < 4.78 is 0. The average molecular weight is 176 g/mol. The van der Waals surface area contributed by atoms with Gasteiger partial charge in [-0.25, -0.2) is 9.97 Å². The van der Waals surface area contributed by atoms with E-state index in [1.807, 2.05) is 0 Å². The van der Waals surface area contributed by atoms with Crippen LogP contribution in [0, 0.1) is 0 Å². The number of hydrogen-bond donors (Lipinski definition) is 2. The molecule has 3 N–H and O–H groups in total. The topological polar surface area (TPSA) is 63.8 Å². The van der Waals surface area contributed by atoms with E-state index in [0.29, 0.717) is 11.9 Å². The van der Waals surface area contributed by atoms with E-state index in [0.717, 1.165) is 18.7 Å². The van der Waals surface area contributed by atoms with E-state index in [9.17, 15) is 0 Å². The van der Waals surface area contributed by atoms with Gasteiger partial charge in [0.15, 0.2) is 0 Å². The Bertz CT molecular complexity index is 313. The van der Waals surface area contributed by atoms with Crippen molar-refractivity contribution in [2.24, 2.45) is 0 Å². The Kier molecular flexibility index (Phi) is 2.12. The lowest BCUT2D eigenvalue weighted by Crippen LogP contribution is -2.16. The normalized spacial score (nSPS) is 16.3. The standard InChI is InChI=1S/C9H12N4/c10-8-5-9(12-6-11-8)13-7-3-1-2-4-7/h1-2,5-7H,3-4H2,(H3,10,11,12,13). The number of nitrogen functional groups attached to an aromatic ring is 1. The molecular formula is C9H12N4. The number of hydrogen-bond acceptors (Lipinski definition) is 4. The predicted molar refractivity (Wildman–Crippen MR) is 52.2 cm³/mol. The monoisotopic (exact) mass is 176 g/mol. The second-order valence-corrected chi connectivity index (χ2v) is 3.11. The maximum atomic E-state index is 5.53. The Morgan fingerprint density at radius 1 is 1.31 bits per heavy atom. The number of nitrogens with one attached hydrogen (secondary N) is 1. The Morgan fingerprint density at radius 3 is 2.77 bits per heavy atom. The Labute approximate surface area is 76.9 Å². The average Bonchev–Trinajstić information content (AvgIpc) is 2.57. The van der Waals surface area contributed by atoms with Crippen LogP contribution in [0.1, 0.15) is 12.8 Å². The third-order valence-corrected chi connectivity index (χ3v) is 2.05. The zero-order valence-corrected chi connectivity index (χ0v) is 7.27. The summed E-state index contributed by atoms with van der Waals surface area (Å²) in [6.45, 7) is 0. The molecule has 13 heavy (non-hydrogen) atoms. The van der Waals surface area contributed by atoms with Gasteiger partial charge in [0.2, 0.25) is 0 Å². The van der Waals surface area contributed by atoms with Crippen LogP contribution < -0.4 is 11.1 Å². The fourth-order valence-corrected chi connectivity index (χ4v) is 1.40. The molecule has 4 nitrogen and oxygen atoms in total. The Morgan fingerprint density at radius 2 is 2.08 bits per heavy atom. The van der Waals surface area contributed by atoms with Crippen LogP contribution in [0.25, 0.3) is 0 Å². The highest BCUT2D eigenvalue weighted by molar-refractivity contribution is 5.44. The van der Waals surface area contributed by atoms with Gasteiger partial charge in [-0.1, -0.05) is 12.2 Å². The molecule has 0 aromatic carbocycles. The first kappa shape index (κ1) is 8.04. The van der Waals surface area contributed by atoms with Crippen molar-refractivity contribution >= 4 is 11.6 Å². The summed E-state index contributed by atoms with van der Waals surface area (Å²) >= 11 is 0. The summed E-state index contributed by atoms with van der Waals surface area (Å²) in [6, 6.07) is 2.22. The Hall–Kier alpha value is -1.58. The van der Waals surface area contributed by atoms with Crippen molar-refractivity contribution in [3.8, 4) is 0 Å². The maximum Gasteiger partial charge on any atom is 0.131 e. The van der Waals surface area contributed by atoms with Crippen LogP contribution in [-0.2, 0) is 0 Å². The summed E-state index contributed by atoms with van der Waals surface area (Å²) in [4.78, 5) is 7.90. The van der Waals surface area contributed by atoms with E-state index in [-0.39, 0.29) is 0 Å². The fourth-order valence-electron chi connectivity index (χ4n) is 1.40. The van der Waals surface area contributed by atoms with E-state index < -0.39 is 0 Å². The smallest absolute Gasteiger partial charge is 0.131 e. The first-order valence-corrected chi connectivity index (χ1v) is 4.33. The van der Waals surface area contributed by atoms with Crippen molar-refractivity contribution in [3.63, 3.8) is 0 Å². The molecule has 1 aliphatic rings. The lowest BCUT2D eigenvalue weighted by Gasteiger charge is -2.11. The molecule has 1 aliphatic carbocycles. The molecule has 0 radical (unpaired) electrons. The van der Waals surface area contributed by atoms with Crippen LogP contribution in [0.5, 0.6) is 0 Å². The zero-order chi connectivity index (χ0) is 9.10. The van der Waals surface area contributed by atoms with Gasteiger partial charge in [-0.15, -0.1) is 0 Å². The van der Waals surface area contributed by atoms with E-state index >= 15 is 0 Å². The summed E-state index contributed by atoms with van der Waals surface area (Å²) in [5.74, 6) is 1.31. The van der Waals surface area contributed by atoms with Gasteiger partial charge in [-0.2, -0.15) is 0 Å². The van der Waals surface area contributed by atoms with Gasteiger partial charge in [0.25, 0.3) is 0 Å². The van der Waals surface area contributed by atoms with Crippen LogP contribution in [0.4, 0.5) is 11.6 Å². The molecule has 0 spiro atoms. The second kappa shape index (κ2) is 3.43. The van der Waals surface area contributed by atoms with E-state index in [2.05, 4.69) is 27.4 Å². The SMILES string of the molecule is Nc1cc(NC2CC=CC2)ncn1. The van der Waals surface area contributed by atoms with Crippen LogP contribution in [0.2, 0.25) is 0 Å². The van der Waals surface area contributed by atoms with Gasteiger partial charge in [-0.3, -0.25) is 0 Å². The van der Waals surface area contributed by atoms with Crippen LogP contribution in [0.15, 0.2) is 24.5 Å². The first-order chi connectivity index (χ1) is 6.34. The molecule has 1 aromatic rings. The van der Waals surface area contributed by atoms with Gasteiger partial charge in [-0.05, 0) is 12.8 Å². The lowest BCUT2D eigenvalue weighted by atomic mass is 10.2. The van der Waals surface area contributed by atoms with E-state index in [1.165, 1.54) is 6.33 Å². The minimum absolute atomic E-state index is 0.467. The van der Waals surface area contributed by atoms with Crippen molar-refractivity contribution < 1.29 is 0 Å². The van der Waals surface area contributed by atoms with Crippen molar-refractivity contribution in [2.75, 3.05) is 11.1 Å². The van der Waals surface area contributed by atoms with Crippen LogP contribution in [-0.4, -0.2) is 16.0 Å². The molecule has 1 heterocycles. The fraction of sp³-hybridized carbons (Fsp3) is 0.333. The van der Waals surface area contributed by atoms with Crippen molar-refractivity contribution in [1.82, 2.24) is 9.97 Å². The van der Waals surface area contributed by atoms with Crippen LogP contribution in [0.3, 0.4) is 0 Å². The van der Waals surface area contributed by atoms with Gasteiger partial charge >= 0.3 is 0 Å². The first-order valence-electron chi connectivity index (χ1n) is 4.33. The van der Waals surface area contributed by atoms with Crippen LogP contribution >= 0.6 is 0 Å². The largest absolute Gasteiger partial charge is 0.384 e. The molecule has 0 bridgehead atoms. The summed E-state index contributed by atoms with van der Waals surface area (Å²) in [7, 11) is 0. The maximum absolute atomic E-state index is 5.53. The number of nitrogens with two attached hydrogens (primary N) is 1. The van der Waals surface area contributed by atoms with Crippen molar-refractivity contribution in [2.45, 2.75) is 18.9 Å². The molecule has 4 heteroatoms. The molecular weight excluding hydrogens is 164 g/mol. The Balaban J connectivity index is 2.01. The van der Waals surface area contributed by atoms with E-state index in [4.69, 9.17) is 5.73 Å². The predicted octanol–water partition coefficient (Wildman–Crippen LogP) is 1.19. The molecule has 0 saturated heterocycles. The van der Waals surface area contributed by atoms with Crippen molar-refractivity contribution in [1.29, 1.82) is 0 Å². The minimum atomic E-state index is 0.467. The molecule has 0 amide bonds. The number of rotatable bonds is 2. The number of aromatic nitrogens is 2. The summed E-state index contributed by atoms with van der Waals surface area (Å²) in [6.07, 6.45) is 7.93. The zero-order valence-electron chi connectivity index (χ0n) is 7.27. The molecule has 0 fully saturated rings. The highest BCUT2D eigenvalue weighted by atomic mass is 15.0.